The third-order valence-corrected chi connectivity index (χ3v) is 3.54. The van der Waals surface area contributed by atoms with Crippen LogP contribution in [0.1, 0.15) is 16.8 Å². The lowest BCUT2D eigenvalue weighted by molar-refractivity contribution is 0.432. The SMILES string of the molecule is Cc1cc(-c2nc(-c3cc(C)c(O)c(C)c3)no2)cc(Cl)n1. The smallest absolute Gasteiger partial charge is 0.258 e. The van der Waals surface area contributed by atoms with Crippen LogP contribution in [0.15, 0.2) is 28.8 Å². The Hall–Kier alpha value is -2.40. The summed E-state index contributed by atoms with van der Waals surface area (Å²) in [6.07, 6.45) is 0. The summed E-state index contributed by atoms with van der Waals surface area (Å²) in [6.45, 7) is 5.51. The van der Waals surface area contributed by atoms with E-state index in [0.717, 1.165) is 27.9 Å². The fourth-order valence-electron chi connectivity index (χ4n) is 2.29. The van der Waals surface area contributed by atoms with Gasteiger partial charge in [-0.3, -0.25) is 0 Å². The molecule has 0 atom stereocenters. The summed E-state index contributed by atoms with van der Waals surface area (Å²) in [7, 11) is 0. The molecule has 0 bridgehead atoms. The molecule has 0 saturated heterocycles. The predicted molar refractivity (Wildman–Crippen MR) is 83.9 cm³/mol. The van der Waals surface area contributed by atoms with E-state index in [2.05, 4.69) is 15.1 Å². The van der Waals surface area contributed by atoms with Crippen molar-refractivity contribution in [3.8, 4) is 28.6 Å². The Bertz CT molecular complexity index is 815. The predicted octanol–water partition coefficient (Wildman–Crippen LogP) is 4.08. The van der Waals surface area contributed by atoms with Crippen molar-refractivity contribution in [1.82, 2.24) is 15.1 Å². The van der Waals surface area contributed by atoms with Crippen LogP contribution in [0, 0.1) is 20.8 Å². The van der Waals surface area contributed by atoms with Crippen molar-refractivity contribution in [3.63, 3.8) is 0 Å². The summed E-state index contributed by atoms with van der Waals surface area (Å²) in [5.74, 6) is 1.13. The van der Waals surface area contributed by atoms with Gasteiger partial charge < -0.3 is 9.63 Å². The molecule has 1 N–H and O–H groups in total. The van der Waals surface area contributed by atoms with E-state index in [9.17, 15) is 5.11 Å². The Kier molecular flexibility index (Phi) is 3.58. The van der Waals surface area contributed by atoms with Crippen LogP contribution in [0.5, 0.6) is 5.75 Å². The van der Waals surface area contributed by atoms with Crippen molar-refractivity contribution in [2.45, 2.75) is 20.8 Å². The quantitative estimate of drug-likeness (QED) is 0.721. The average molecular weight is 316 g/mol. The molecule has 3 rings (SSSR count). The molecule has 1 aromatic carbocycles. The van der Waals surface area contributed by atoms with Crippen LogP contribution in [-0.2, 0) is 0 Å². The molecule has 0 radical (unpaired) electrons. The molecule has 2 heterocycles. The zero-order valence-electron chi connectivity index (χ0n) is 12.4. The van der Waals surface area contributed by atoms with Crippen LogP contribution in [0.3, 0.4) is 0 Å². The van der Waals surface area contributed by atoms with E-state index in [-0.39, 0.29) is 5.75 Å². The highest BCUT2D eigenvalue weighted by Crippen LogP contribution is 2.29. The van der Waals surface area contributed by atoms with Gasteiger partial charge in [0.25, 0.3) is 5.89 Å². The maximum atomic E-state index is 9.84. The number of pyridine rings is 1. The van der Waals surface area contributed by atoms with Crippen molar-refractivity contribution < 1.29 is 9.63 Å². The maximum Gasteiger partial charge on any atom is 0.258 e. The van der Waals surface area contributed by atoms with Gasteiger partial charge in [-0.1, -0.05) is 16.8 Å². The second-order valence-corrected chi connectivity index (χ2v) is 5.59. The number of halogens is 1. The van der Waals surface area contributed by atoms with Crippen LogP contribution < -0.4 is 0 Å². The third-order valence-electron chi connectivity index (χ3n) is 3.34. The first-order chi connectivity index (χ1) is 10.4. The third kappa shape index (κ3) is 2.67. The van der Waals surface area contributed by atoms with Crippen molar-refractivity contribution in [1.29, 1.82) is 0 Å². The molecule has 5 nitrogen and oxygen atoms in total. The van der Waals surface area contributed by atoms with E-state index in [1.54, 1.807) is 6.07 Å². The number of hydrogen-bond donors (Lipinski definition) is 1. The van der Waals surface area contributed by atoms with Gasteiger partial charge in [-0.2, -0.15) is 4.98 Å². The molecule has 0 spiro atoms. The summed E-state index contributed by atoms with van der Waals surface area (Å²) in [4.78, 5) is 8.50. The van der Waals surface area contributed by atoms with Crippen molar-refractivity contribution in [2.75, 3.05) is 0 Å². The first kappa shape index (κ1) is 14.5. The Morgan fingerprint density at radius 2 is 1.64 bits per heavy atom. The van der Waals surface area contributed by atoms with E-state index < -0.39 is 0 Å². The molecule has 112 valence electrons. The molecule has 6 heteroatoms. The van der Waals surface area contributed by atoms with Gasteiger partial charge in [-0.15, -0.1) is 0 Å². The molecular formula is C16H14ClN3O2. The first-order valence-electron chi connectivity index (χ1n) is 6.73. The maximum absolute atomic E-state index is 9.84. The molecule has 0 saturated carbocycles. The Balaban J connectivity index is 2.04. The molecule has 0 amide bonds. The highest BCUT2D eigenvalue weighted by molar-refractivity contribution is 6.29. The van der Waals surface area contributed by atoms with E-state index in [1.807, 2.05) is 39.0 Å². The molecule has 0 aliphatic heterocycles. The lowest BCUT2D eigenvalue weighted by Crippen LogP contribution is -1.87. The Labute approximate surface area is 132 Å². The van der Waals surface area contributed by atoms with E-state index in [0.29, 0.717) is 16.9 Å². The van der Waals surface area contributed by atoms with Crippen LogP contribution in [-0.4, -0.2) is 20.2 Å². The van der Waals surface area contributed by atoms with Gasteiger partial charge in [0.15, 0.2) is 0 Å². The highest BCUT2D eigenvalue weighted by atomic mass is 35.5. The molecule has 0 aliphatic carbocycles. The number of aromatic nitrogens is 3. The topological polar surface area (TPSA) is 72.0 Å². The van der Waals surface area contributed by atoms with Gasteiger partial charge in [-0.25, -0.2) is 4.98 Å². The van der Waals surface area contributed by atoms with Crippen molar-refractivity contribution in [3.05, 3.63) is 46.2 Å². The summed E-state index contributed by atoms with van der Waals surface area (Å²) < 4.78 is 5.32. The van der Waals surface area contributed by atoms with Crippen molar-refractivity contribution in [2.24, 2.45) is 0 Å². The largest absolute Gasteiger partial charge is 0.507 e. The van der Waals surface area contributed by atoms with E-state index >= 15 is 0 Å². The Morgan fingerprint density at radius 1 is 0.955 bits per heavy atom. The van der Waals surface area contributed by atoms with Gasteiger partial charge in [-0.05, 0) is 56.2 Å². The molecule has 2 aromatic heterocycles. The minimum atomic E-state index is 0.281. The second kappa shape index (κ2) is 5.42. The van der Waals surface area contributed by atoms with Gasteiger partial charge in [0.05, 0.1) is 0 Å². The van der Waals surface area contributed by atoms with Crippen LogP contribution in [0.25, 0.3) is 22.8 Å². The monoisotopic (exact) mass is 315 g/mol. The zero-order valence-corrected chi connectivity index (χ0v) is 13.1. The van der Waals surface area contributed by atoms with Gasteiger partial charge in [0.1, 0.15) is 10.9 Å². The summed E-state index contributed by atoms with van der Waals surface area (Å²) in [6, 6.07) is 7.15. The van der Waals surface area contributed by atoms with Gasteiger partial charge in [0.2, 0.25) is 5.82 Å². The fourth-order valence-corrected chi connectivity index (χ4v) is 2.55. The summed E-state index contributed by atoms with van der Waals surface area (Å²) in [5, 5.41) is 14.2. The van der Waals surface area contributed by atoms with Crippen LogP contribution in [0.2, 0.25) is 5.15 Å². The number of benzene rings is 1. The number of phenols is 1. The number of aryl methyl sites for hydroxylation is 3. The number of phenolic OH excluding ortho intramolecular Hbond substituents is 1. The lowest BCUT2D eigenvalue weighted by Gasteiger charge is -2.04. The number of nitrogens with zero attached hydrogens (tertiary/aromatic N) is 3. The second-order valence-electron chi connectivity index (χ2n) is 5.20. The fraction of sp³-hybridized carbons (Fsp3) is 0.188. The number of hydrogen-bond acceptors (Lipinski definition) is 5. The average Bonchev–Trinajstić information content (AvgIpc) is 2.93. The minimum absolute atomic E-state index is 0.281. The molecular weight excluding hydrogens is 302 g/mol. The van der Waals surface area contributed by atoms with E-state index in [1.165, 1.54) is 0 Å². The first-order valence-corrected chi connectivity index (χ1v) is 7.10. The van der Waals surface area contributed by atoms with Gasteiger partial charge in [0, 0.05) is 16.8 Å². The Morgan fingerprint density at radius 3 is 2.27 bits per heavy atom. The summed E-state index contributed by atoms with van der Waals surface area (Å²) in [5.41, 5.74) is 3.83. The molecule has 0 unspecified atom stereocenters. The van der Waals surface area contributed by atoms with Crippen LogP contribution in [0.4, 0.5) is 0 Å². The number of aromatic hydroxyl groups is 1. The zero-order chi connectivity index (χ0) is 15.9. The van der Waals surface area contributed by atoms with Gasteiger partial charge >= 0.3 is 0 Å². The number of rotatable bonds is 2. The normalized spacial score (nSPS) is 10.9. The lowest BCUT2D eigenvalue weighted by atomic mass is 10.1. The standard InChI is InChI=1S/C16H14ClN3O2/c1-8-4-11(5-9(2)14(8)21)15-19-16(22-20-15)12-6-10(3)18-13(17)7-12/h4-7,21H,1-3H3. The molecule has 0 fully saturated rings. The highest BCUT2D eigenvalue weighted by Gasteiger charge is 2.14. The molecule has 0 aliphatic rings. The molecule has 3 aromatic rings. The van der Waals surface area contributed by atoms with Crippen LogP contribution >= 0.6 is 11.6 Å². The van der Waals surface area contributed by atoms with Crippen molar-refractivity contribution >= 4 is 11.6 Å². The minimum Gasteiger partial charge on any atom is -0.507 e. The van der Waals surface area contributed by atoms with E-state index in [4.69, 9.17) is 16.1 Å². The summed E-state index contributed by atoms with van der Waals surface area (Å²) >= 11 is 5.95. The molecule has 22 heavy (non-hydrogen) atoms.